The molecule has 0 saturated carbocycles. The second-order valence-electron chi connectivity index (χ2n) is 4.66. The van der Waals surface area contributed by atoms with Gasteiger partial charge >= 0.3 is 5.97 Å². The minimum absolute atomic E-state index is 0.232. The summed E-state index contributed by atoms with van der Waals surface area (Å²) in [6, 6.07) is 20.6. The maximum Gasteiger partial charge on any atom is 0.303 e. The van der Waals surface area contributed by atoms with Crippen LogP contribution >= 0.6 is 0 Å². The summed E-state index contributed by atoms with van der Waals surface area (Å²) in [5.41, 5.74) is 2.50. The van der Waals surface area contributed by atoms with Crippen molar-refractivity contribution in [2.45, 2.75) is 25.2 Å². The van der Waals surface area contributed by atoms with Crippen molar-refractivity contribution in [1.82, 2.24) is 0 Å². The molecule has 1 N–H and O–H groups in total. The first-order chi connectivity index (χ1) is 9.27. The van der Waals surface area contributed by atoms with E-state index >= 15 is 0 Å². The largest absolute Gasteiger partial charge is 0.481 e. The first kappa shape index (κ1) is 13.3. The monoisotopic (exact) mass is 254 g/mol. The van der Waals surface area contributed by atoms with Crippen molar-refractivity contribution in [3.05, 3.63) is 71.8 Å². The van der Waals surface area contributed by atoms with Gasteiger partial charge in [0, 0.05) is 12.3 Å². The van der Waals surface area contributed by atoms with Crippen LogP contribution in [0.2, 0.25) is 0 Å². The van der Waals surface area contributed by atoms with Gasteiger partial charge in [-0.25, -0.2) is 0 Å². The second-order valence-corrected chi connectivity index (χ2v) is 4.66. The first-order valence-corrected chi connectivity index (χ1v) is 6.59. The first-order valence-electron chi connectivity index (χ1n) is 6.59. The molecule has 2 aromatic carbocycles. The van der Waals surface area contributed by atoms with E-state index in [1.165, 1.54) is 11.1 Å². The molecule has 0 aliphatic heterocycles. The molecule has 0 radical (unpaired) electrons. The Hall–Kier alpha value is -2.09. The molecule has 0 amide bonds. The van der Waals surface area contributed by atoms with Crippen LogP contribution in [0.3, 0.4) is 0 Å². The lowest BCUT2D eigenvalue weighted by Gasteiger charge is -2.17. The average Bonchev–Trinajstić information content (AvgIpc) is 2.45. The van der Waals surface area contributed by atoms with Crippen LogP contribution in [0, 0.1) is 0 Å². The fourth-order valence-electron chi connectivity index (χ4n) is 2.35. The molecule has 0 saturated heterocycles. The van der Waals surface area contributed by atoms with Crippen molar-refractivity contribution in [1.29, 1.82) is 0 Å². The second kappa shape index (κ2) is 6.74. The Balaban J connectivity index is 2.17. The van der Waals surface area contributed by atoms with Gasteiger partial charge in [0.15, 0.2) is 0 Å². The minimum Gasteiger partial charge on any atom is -0.481 e. The number of hydrogen-bond donors (Lipinski definition) is 1. The van der Waals surface area contributed by atoms with Gasteiger partial charge in [0.05, 0.1) is 0 Å². The zero-order chi connectivity index (χ0) is 13.5. The van der Waals surface area contributed by atoms with E-state index in [-0.39, 0.29) is 12.3 Å². The van der Waals surface area contributed by atoms with Gasteiger partial charge in [0.2, 0.25) is 0 Å². The van der Waals surface area contributed by atoms with Crippen LogP contribution in [0.5, 0.6) is 0 Å². The normalized spacial score (nSPS) is 10.6. The fraction of sp³-hybridized carbons (Fsp3) is 0.235. The van der Waals surface area contributed by atoms with E-state index in [1.54, 1.807) is 0 Å². The molecule has 0 aromatic heterocycles. The third kappa shape index (κ3) is 3.95. The number of benzene rings is 2. The van der Waals surface area contributed by atoms with Gasteiger partial charge in [-0.3, -0.25) is 4.79 Å². The van der Waals surface area contributed by atoms with Crippen molar-refractivity contribution >= 4 is 5.97 Å². The van der Waals surface area contributed by atoms with Crippen LogP contribution in [0.4, 0.5) is 0 Å². The Bertz CT molecular complexity index is 466. The maximum absolute atomic E-state index is 10.7. The molecule has 0 spiro atoms. The third-order valence-corrected chi connectivity index (χ3v) is 3.29. The van der Waals surface area contributed by atoms with Gasteiger partial charge in [-0.05, 0) is 24.0 Å². The SMILES string of the molecule is O=C(O)CCCC(c1ccccc1)c1ccccc1. The smallest absolute Gasteiger partial charge is 0.303 e. The van der Waals surface area contributed by atoms with E-state index in [1.807, 2.05) is 36.4 Å². The summed E-state index contributed by atoms with van der Waals surface area (Å²) < 4.78 is 0. The summed E-state index contributed by atoms with van der Waals surface area (Å²) in [5, 5.41) is 8.77. The van der Waals surface area contributed by atoms with Gasteiger partial charge in [-0.1, -0.05) is 60.7 Å². The third-order valence-electron chi connectivity index (χ3n) is 3.29. The highest BCUT2D eigenvalue weighted by Crippen LogP contribution is 2.29. The summed E-state index contributed by atoms with van der Waals surface area (Å²) >= 11 is 0. The quantitative estimate of drug-likeness (QED) is 0.843. The molecule has 0 atom stereocenters. The van der Waals surface area contributed by atoms with E-state index in [0.717, 1.165) is 6.42 Å². The van der Waals surface area contributed by atoms with E-state index in [2.05, 4.69) is 24.3 Å². The average molecular weight is 254 g/mol. The summed E-state index contributed by atoms with van der Waals surface area (Å²) in [4.78, 5) is 10.7. The van der Waals surface area contributed by atoms with Gasteiger partial charge in [-0.15, -0.1) is 0 Å². The van der Waals surface area contributed by atoms with Crippen LogP contribution in [0.25, 0.3) is 0 Å². The van der Waals surface area contributed by atoms with Crippen LogP contribution in [0.15, 0.2) is 60.7 Å². The van der Waals surface area contributed by atoms with Crippen molar-refractivity contribution in [3.8, 4) is 0 Å². The van der Waals surface area contributed by atoms with Gasteiger partial charge in [0.1, 0.15) is 0 Å². The number of hydrogen-bond acceptors (Lipinski definition) is 1. The van der Waals surface area contributed by atoms with E-state index in [4.69, 9.17) is 5.11 Å². The molecule has 2 heteroatoms. The number of carbonyl (C=O) groups is 1. The Morgan fingerprint density at radius 1 is 0.895 bits per heavy atom. The molecule has 0 heterocycles. The molecule has 0 aliphatic carbocycles. The van der Waals surface area contributed by atoms with Crippen LogP contribution in [-0.2, 0) is 4.79 Å². The molecule has 2 aromatic rings. The van der Waals surface area contributed by atoms with E-state index in [0.29, 0.717) is 6.42 Å². The predicted molar refractivity (Wildman–Crippen MR) is 76.2 cm³/mol. The van der Waals surface area contributed by atoms with Crippen molar-refractivity contribution in [3.63, 3.8) is 0 Å². The number of carboxylic acid groups (broad SMARTS) is 1. The zero-order valence-corrected chi connectivity index (χ0v) is 10.8. The van der Waals surface area contributed by atoms with Gasteiger partial charge < -0.3 is 5.11 Å². The molecular weight excluding hydrogens is 236 g/mol. The topological polar surface area (TPSA) is 37.3 Å². The number of aliphatic carboxylic acids is 1. The number of carboxylic acids is 1. The van der Waals surface area contributed by atoms with Crippen molar-refractivity contribution in [2.24, 2.45) is 0 Å². The Morgan fingerprint density at radius 3 is 1.79 bits per heavy atom. The lowest BCUT2D eigenvalue weighted by atomic mass is 9.87. The summed E-state index contributed by atoms with van der Waals surface area (Å²) in [7, 11) is 0. The van der Waals surface area contributed by atoms with Crippen LogP contribution in [0.1, 0.15) is 36.3 Å². The van der Waals surface area contributed by atoms with Crippen LogP contribution < -0.4 is 0 Å². The number of rotatable bonds is 6. The molecule has 0 aliphatic rings. The molecule has 0 fully saturated rings. The Morgan fingerprint density at radius 2 is 1.37 bits per heavy atom. The molecule has 0 bridgehead atoms. The Labute approximate surface area is 113 Å². The highest BCUT2D eigenvalue weighted by atomic mass is 16.4. The lowest BCUT2D eigenvalue weighted by molar-refractivity contribution is -0.137. The summed E-state index contributed by atoms with van der Waals surface area (Å²) in [5.74, 6) is -0.443. The van der Waals surface area contributed by atoms with Crippen molar-refractivity contribution < 1.29 is 9.90 Å². The highest BCUT2D eigenvalue weighted by Gasteiger charge is 2.13. The molecule has 98 valence electrons. The molecule has 2 nitrogen and oxygen atoms in total. The fourth-order valence-corrected chi connectivity index (χ4v) is 2.35. The highest BCUT2D eigenvalue weighted by molar-refractivity contribution is 5.66. The van der Waals surface area contributed by atoms with Crippen molar-refractivity contribution in [2.75, 3.05) is 0 Å². The summed E-state index contributed by atoms with van der Waals surface area (Å²) in [6.07, 6.45) is 1.79. The molecule has 19 heavy (non-hydrogen) atoms. The molecular formula is C17H18O2. The maximum atomic E-state index is 10.7. The van der Waals surface area contributed by atoms with Gasteiger partial charge in [-0.2, -0.15) is 0 Å². The van der Waals surface area contributed by atoms with Crippen LogP contribution in [-0.4, -0.2) is 11.1 Å². The molecule has 2 rings (SSSR count). The van der Waals surface area contributed by atoms with E-state index in [9.17, 15) is 4.79 Å². The minimum atomic E-state index is -0.722. The predicted octanol–water partition coefficient (Wildman–Crippen LogP) is 4.07. The zero-order valence-electron chi connectivity index (χ0n) is 10.8. The lowest BCUT2D eigenvalue weighted by Crippen LogP contribution is -2.03. The van der Waals surface area contributed by atoms with Gasteiger partial charge in [0.25, 0.3) is 0 Å². The standard InChI is InChI=1S/C17H18O2/c18-17(19)13-7-12-16(14-8-3-1-4-9-14)15-10-5-2-6-11-15/h1-6,8-11,16H,7,12-13H2,(H,18,19). The summed E-state index contributed by atoms with van der Waals surface area (Å²) in [6.45, 7) is 0. The molecule has 0 unspecified atom stereocenters. The Kier molecular flexibility index (Phi) is 4.73. The van der Waals surface area contributed by atoms with E-state index < -0.39 is 5.97 Å².